The molecule has 0 spiro atoms. The van der Waals surface area contributed by atoms with E-state index in [1.165, 1.54) is 12.1 Å². The fourth-order valence-electron chi connectivity index (χ4n) is 5.45. The van der Waals surface area contributed by atoms with Crippen LogP contribution in [0.3, 0.4) is 0 Å². The lowest BCUT2D eigenvalue weighted by Crippen LogP contribution is -2.22. The van der Waals surface area contributed by atoms with Crippen LogP contribution in [0.15, 0.2) is 50.4 Å². The number of carboxylic acids is 1. The maximum atomic E-state index is 13.1. The molecule has 0 saturated heterocycles. The Balaban J connectivity index is 1.38. The quantitative estimate of drug-likeness (QED) is 0.378. The van der Waals surface area contributed by atoms with Gasteiger partial charge >= 0.3 is 12.3 Å². The fraction of sp³-hybridized carbons (Fsp3) is 0.296. The molecule has 0 amide bonds. The smallest absolute Gasteiger partial charge is 0.481 e. The van der Waals surface area contributed by atoms with Crippen molar-refractivity contribution >= 4 is 11.5 Å². The monoisotopic (exact) mass is 538 g/mol. The van der Waals surface area contributed by atoms with Gasteiger partial charge in [0.05, 0.1) is 23.5 Å². The van der Waals surface area contributed by atoms with Gasteiger partial charge in [-0.1, -0.05) is 10.3 Å². The summed E-state index contributed by atoms with van der Waals surface area (Å²) in [5, 5.41) is 18.9. The maximum absolute atomic E-state index is 13.1. The molecule has 1 aliphatic carbocycles. The highest BCUT2D eigenvalue weighted by molar-refractivity contribution is 5.75. The van der Waals surface area contributed by atoms with E-state index in [1.54, 1.807) is 26.0 Å². The molecule has 12 heteroatoms. The standard InChI is InChI=1S/C27H21F3N4O5/c1-12-23(13(2)38-33-12)16-7-17(9-18(8-16)37-27(28,29)30)26-32-25(34-39-26)15-4-6-21-20(10-15)19-5-3-14(11-22(35)36)24(19)31-21/h4,6-10,14,24H,3,5,11H2,1-2H3,(H,35,36). The van der Waals surface area contributed by atoms with Crippen LogP contribution in [0.1, 0.15) is 30.7 Å². The van der Waals surface area contributed by atoms with Gasteiger partial charge in [0.25, 0.3) is 5.89 Å². The van der Waals surface area contributed by atoms with Gasteiger partial charge in [-0.05, 0) is 80.1 Å². The molecule has 9 nitrogen and oxygen atoms in total. The van der Waals surface area contributed by atoms with Crippen molar-refractivity contribution in [2.45, 2.75) is 45.5 Å². The number of hydrogen-bond acceptors (Lipinski definition) is 8. The second kappa shape index (κ2) is 9.07. The summed E-state index contributed by atoms with van der Waals surface area (Å²) in [7, 11) is 0. The number of aliphatic carboxylic acids is 1. The third kappa shape index (κ3) is 4.66. The minimum Gasteiger partial charge on any atom is -0.481 e. The minimum atomic E-state index is -4.90. The zero-order chi connectivity index (χ0) is 27.5. The van der Waals surface area contributed by atoms with Crippen molar-refractivity contribution in [1.82, 2.24) is 15.3 Å². The predicted octanol–water partition coefficient (Wildman–Crippen LogP) is 4.61. The number of halogens is 3. The molecule has 39 heavy (non-hydrogen) atoms. The van der Waals surface area contributed by atoms with Gasteiger partial charge in [0, 0.05) is 21.9 Å². The Bertz CT molecular complexity index is 1720. The Hall–Kier alpha value is -4.48. The number of alkyl halides is 3. The second-order valence-corrected chi connectivity index (χ2v) is 9.64. The molecule has 1 fully saturated rings. The molecule has 1 aliphatic heterocycles. The fourth-order valence-corrected chi connectivity index (χ4v) is 5.45. The first kappa shape index (κ1) is 24.8. The van der Waals surface area contributed by atoms with Crippen molar-refractivity contribution in [2.75, 3.05) is 0 Å². The summed E-state index contributed by atoms with van der Waals surface area (Å²) in [5.41, 5.74) is 3.40. The molecule has 6 rings (SSSR count). The first-order chi connectivity index (χ1) is 18.6. The van der Waals surface area contributed by atoms with Gasteiger partial charge in [0.2, 0.25) is 5.82 Å². The van der Waals surface area contributed by atoms with Crippen molar-refractivity contribution in [3.63, 3.8) is 0 Å². The van der Waals surface area contributed by atoms with E-state index in [2.05, 4.69) is 20.0 Å². The molecular formula is C27H21F3N4O5. The predicted molar refractivity (Wildman–Crippen MR) is 130 cm³/mol. The van der Waals surface area contributed by atoms with E-state index < -0.39 is 18.1 Å². The van der Waals surface area contributed by atoms with E-state index >= 15 is 0 Å². The summed E-state index contributed by atoms with van der Waals surface area (Å²) >= 11 is 0. The number of carbonyl (C=O) groups is 1. The number of rotatable bonds is 6. The summed E-state index contributed by atoms with van der Waals surface area (Å²) in [6, 6.07) is 9.39. The number of aryl methyl sites for hydroxylation is 2. The lowest BCUT2D eigenvalue weighted by Gasteiger charge is -2.11. The van der Waals surface area contributed by atoms with Crippen LogP contribution in [0.2, 0.25) is 0 Å². The van der Waals surface area contributed by atoms with E-state index in [9.17, 15) is 23.1 Å². The largest absolute Gasteiger partial charge is 0.573 e. The molecular weight excluding hydrogens is 517 g/mol. The van der Waals surface area contributed by atoms with Crippen LogP contribution >= 0.6 is 0 Å². The summed E-state index contributed by atoms with van der Waals surface area (Å²) in [6.45, 7) is 3.35. The van der Waals surface area contributed by atoms with Crippen LogP contribution in [0.4, 0.5) is 13.2 Å². The number of nitrogens with zero attached hydrogens (tertiary/aromatic N) is 4. The van der Waals surface area contributed by atoms with Gasteiger partial charge in [-0.15, -0.1) is 13.2 Å². The number of hydrogen-bond donors (Lipinski definition) is 1. The Morgan fingerprint density at radius 2 is 1.87 bits per heavy atom. The topological polar surface area (TPSA) is 124 Å². The number of carboxylic acid groups (broad SMARTS) is 1. The summed E-state index contributed by atoms with van der Waals surface area (Å²) < 4.78 is 54.1. The van der Waals surface area contributed by atoms with E-state index in [-0.39, 0.29) is 35.7 Å². The zero-order valence-corrected chi connectivity index (χ0v) is 20.7. The van der Waals surface area contributed by atoms with Crippen molar-refractivity contribution in [2.24, 2.45) is 10.9 Å². The van der Waals surface area contributed by atoms with Crippen molar-refractivity contribution in [1.29, 1.82) is 0 Å². The van der Waals surface area contributed by atoms with Crippen LogP contribution in [-0.4, -0.2) is 38.8 Å². The lowest BCUT2D eigenvalue weighted by molar-refractivity contribution is -0.274. The summed E-state index contributed by atoms with van der Waals surface area (Å²) in [6.07, 6.45) is -3.31. The molecule has 2 unspecified atom stereocenters. The highest BCUT2D eigenvalue weighted by Gasteiger charge is 2.36. The molecule has 1 N–H and O–H groups in total. The Morgan fingerprint density at radius 3 is 2.59 bits per heavy atom. The molecule has 1 saturated carbocycles. The van der Waals surface area contributed by atoms with Gasteiger partial charge in [0.1, 0.15) is 11.5 Å². The van der Waals surface area contributed by atoms with E-state index in [0.29, 0.717) is 28.1 Å². The molecule has 0 radical (unpaired) electrons. The van der Waals surface area contributed by atoms with Crippen LogP contribution in [0.5, 0.6) is 5.75 Å². The third-order valence-corrected chi connectivity index (χ3v) is 7.04. The van der Waals surface area contributed by atoms with Crippen molar-refractivity contribution in [3.05, 3.63) is 58.4 Å². The average molecular weight is 538 g/mol. The second-order valence-electron chi connectivity index (χ2n) is 9.64. The van der Waals surface area contributed by atoms with Crippen LogP contribution in [0, 0.1) is 19.8 Å². The van der Waals surface area contributed by atoms with Gasteiger partial charge in [-0.2, -0.15) is 4.98 Å². The van der Waals surface area contributed by atoms with Crippen molar-refractivity contribution < 1.29 is 36.9 Å². The number of ether oxygens (including phenoxy) is 1. The first-order valence-electron chi connectivity index (χ1n) is 12.2. The van der Waals surface area contributed by atoms with Crippen molar-refractivity contribution in [3.8, 4) is 39.7 Å². The van der Waals surface area contributed by atoms with E-state index in [0.717, 1.165) is 29.0 Å². The molecule has 2 atom stereocenters. The molecule has 2 aliphatic rings. The van der Waals surface area contributed by atoms with E-state index in [4.69, 9.17) is 14.0 Å². The number of fused-ring (bicyclic) bond motifs is 2. The Labute approximate surface area is 218 Å². The van der Waals surface area contributed by atoms with Gasteiger partial charge in [0.15, 0.2) is 0 Å². The minimum absolute atomic E-state index is 0.00346. The number of aromatic nitrogens is 3. The maximum Gasteiger partial charge on any atom is 0.573 e. The summed E-state index contributed by atoms with van der Waals surface area (Å²) in [4.78, 5) is 20.4. The normalized spacial score (nSPS) is 18.1. The van der Waals surface area contributed by atoms with Gasteiger partial charge in [-0.25, -0.2) is 0 Å². The molecule has 200 valence electrons. The summed E-state index contributed by atoms with van der Waals surface area (Å²) in [5.74, 6) is -0.640. The SMILES string of the molecule is Cc1noc(C)c1-c1cc(OC(F)(F)F)cc(-c2nc(-c3ccc4c(c3)=C3CCC(CC(=O)O)C3N=4)no2)c1. The van der Waals surface area contributed by atoms with Crippen LogP contribution in [-0.2, 0) is 4.79 Å². The van der Waals surface area contributed by atoms with Gasteiger partial charge < -0.3 is 18.9 Å². The van der Waals surface area contributed by atoms with Crippen LogP contribution < -0.4 is 15.3 Å². The lowest BCUT2D eigenvalue weighted by atomic mass is 9.99. The number of benzene rings is 2. The average Bonchev–Trinajstić information content (AvgIpc) is 3.63. The molecule has 3 heterocycles. The molecule has 4 aromatic rings. The highest BCUT2D eigenvalue weighted by atomic mass is 19.4. The van der Waals surface area contributed by atoms with Gasteiger partial charge in [-0.3, -0.25) is 9.79 Å². The molecule has 0 bridgehead atoms. The Kier molecular flexibility index (Phi) is 5.77. The third-order valence-electron chi connectivity index (χ3n) is 7.04. The Morgan fingerprint density at radius 1 is 1.08 bits per heavy atom. The molecule has 2 aromatic carbocycles. The van der Waals surface area contributed by atoms with Crippen LogP contribution in [0.25, 0.3) is 39.5 Å². The first-order valence-corrected chi connectivity index (χ1v) is 12.2. The van der Waals surface area contributed by atoms with E-state index in [1.807, 2.05) is 12.1 Å². The zero-order valence-electron chi connectivity index (χ0n) is 20.7. The highest BCUT2D eigenvalue weighted by Crippen LogP contribution is 2.38. The molecule has 2 aromatic heterocycles.